The summed E-state index contributed by atoms with van der Waals surface area (Å²) in [6.45, 7) is 0.607. The van der Waals surface area contributed by atoms with Crippen molar-refractivity contribution < 1.29 is 13.5 Å². The van der Waals surface area contributed by atoms with E-state index in [0.29, 0.717) is 6.61 Å². The lowest BCUT2D eigenvalue weighted by Crippen LogP contribution is -2.21. The van der Waals surface area contributed by atoms with Crippen LogP contribution in [-0.4, -0.2) is 26.0 Å². The number of alkyl halides is 2. The number of halogens is 2. The molecule has 0 aliphatic carbocycles. The maximum Gasteiger partial charge on any atom is 0.296 e. The van der Waals surface area contributed by atoms with Gasteiger partial charge in [0.1, 0.15) is 6.61 Å². The topological polar surface area (TPSA) is 21.6 Å². The molecule has 0 amide bonds. The van der Waals surface area contributed by atoms with Gasteiger partial charge in [0.05, 0.1) is 0 Å². The molecule has 0 aliphatic heterocycles. The normalized spacial score (nSPS) is 11.9. The molecule has 2 aromatic carbocycles. The fourth-order valence-corrected chi connectivity index (χ4v) is 2.44. The maximum absolute atomic E-state index is 13.9. The number of rotatable bonds is 11. The smallest absolute Gasteiger partial charge is 0.296 e. The molecule has 0 aliphatic rings. The van der Waals surface area contributed by atoms with E-state index in [1.165, 1.54) is 12.1 Å². The molecule has 0 N–H and O–H groups in total. The Hall–Kier alpha value is -2.07. The first-order chi connectivity index (χ1) is 12.2. The van der Waals surface area contributed by atoms with E-state index in [1.807, 2.05) is 36.5 Å². The molecule has 2 rings (SSSR count). The number of unbranched alkanes of at least 4 members (excludes halogenated alkanes) is 3. The quantitative estimate of drug-likeness (QED) is 0.391. The largest absolute Gasteiger partial charge is 0.375 e. The first-order valence-corrected chi connectivity index (χ1v) is 8.74. The number of ether oxygens (including phenoxy) is 1. The fraction of sp³-hybridized carbons (Fsp3) is 0.381. The molecule has 0 spiro atoms. The second-order valence-corrected chi connectivity index (χ2v) is 5.98. The van der Waals surface area contributed by atoms with Gasteiger partial charge < -0.3 is 4.74 Å². The van der Waals surface area contributed by atoms with Crippen molar-refractivity contribution in [3.8, 4) is 0 Å². The summed E-state index contributed by atoms with van der Waals surface area (Å²) in [5.41, 5.74) is 1.11. The Kier molecular flexibility index (Phi) is 8.26. The number of hydrogen-bond donors (Lipinski definition) is 0. The molecule has 4 heteroatoms. The summed E-state index contributed by atoms with van der Waals surface area (Å²) in [5, 5.41) is 0. The third-order valence-electron chi connectivity index (χ3n) is 3.85. The van der Waals surface area contributed by atoms with Crippen LogP contribution < -0.4 is 0 Å². The Balaban J connectivity index is 1.49. The van der Waals surface area contributed by atoms with E-state index in [9.17, 15) is 8.78 Å². The molecule has 0 saturated carbocycles. The van der Waals surface area contributed by atoms with Crippen molar-refractivity contribution in [1.29, 1.82) is 0 Å². The van der Waals surface area contributed by atoms with Gasteiger partial charge in [-0.25, -0.2) is 0 Å². The van der Waals surface area contributed by atoms with Crippen LogP contribution in [0.1, 0.15) is 36.8 Å². The highest BCUT2D eigenvalue weighted by atomic mass is 19.3. The van der Waals surface area contributed by atoms with E-state index in [0.717, 1.165) is 37.8 Å². The van der Waals surface area contributed by atoms with Crippen LogP contribution in [0, 0.1) is 0 Å². The highest BCUT2D eigenvalue weighted by molar-refractivity contribution is 5.79. The first-order valence-electron chi connectivity index (χ1n) is 8.74. The molecule has 0 radical (unpaired) electrons. The summed E-state index contributed by atoms with van der Waals surface area (Å²) in [7, 11) is 0. The fourth-order valence-electron chi connectivity index (χ4n) is 2.44. The highest BCUT2D eigenvalue weighted by Gasteiger charge is 2.31. The van der Waals surface area contributed by atoms with Gasteiger partial charge in [0.2, 0.25) is 0 Å². The summed E-state index contributed by atoms with van der Waals surface area (Å²) in [6, 6.07) is 17.8. The second kappa shape index (κ2) is 10.7. The summed E-state index contributed by atoms with van der Waals surface area (Å²) < 4.78 is 32.9. The molecule has 25 heavy (non-hydrogen) atoms. The Morgan fingerprint density at radius 1 is 0.840 bits per heavy atom. The van der Waals surface area contributed by atoms with Crippen LogP contribution in [0.2, 0.25) is 0 Å². The van der Waals surface area contributed by atoms with Crippen molar-refractivity contribution in [2.24, 2.45) is 4.99 Å². The van der Waals surface area contributed by atoms with Crippen LogP contribution in [0.3, 0.4) is 0 Å². The molecule has 0 atom stereocenters. The van der Waals surface area contributed by atoms with E-state index in [1.54, 1.807) is 18.2 Å². The van der Waals surface area contributed by atoms with Gasteiger partial charge in [0, 0.05) is 24.9 Å². The van der Waals surface area contributed by atoms with Gasteiger partial charge in [-0.2, -0.15) is 8.78 Å². The molecule has 0 bridgehead atoms. The minimum absolute atomic E-state index is 0.00581. The Morgan fingerprint density at radius 2 is 1.48 bits per heavy atom. The molecular formula is C21H25F2NO. The predicted molar refractivity (Wildman–Crippen MR) is 98.5 cm³/mol. The van der Waals surface area contributed by atoms with Crippen LogP contribution in [0.25, 0.3) is 0 Å². The minimum atomic E-state index is -2.92. The lowest BCUT2D eigenvalue weighted by Gasteiger charge is -2.16. The summed E-state index contributed by atoms with van der Waals surface area (Å²) in [6.07, 6.45) is 5.69. The molecule has 134 valence electrons. The van der Waals surface area contributed by atoms with Crippen molar-refractivity contribution in [2.75, 3.05) is 19.8 Å². The summed E-state index contributed by atoms with van der Waals surface area (Å²) in [5.74, 6) is -2.92. The van der Waals surface area contributed by atoms with Gasteiger partial charge >= 0.3 is 0 Å². The molecule has 0 unspecified atom stereocenters. The maximum atomic E-state index is 13.9. The Bertz CT molecular complexity index is 614. The molecule has 2 nitrogen and oxygen atoms in total. The number of aliphatic imine (C=N–C) groups is 1. The molecule has 0 heterocycles. The minimum Gasteiger partial charge on any atom is -0.375 e. The zero-order valence-corrected chi connectivity index (χ0v) is 14.4. The van der Waals surface area contributed by atoms with Gasteiger partial charge in [-0.3, -0.25) is 4.99 Å². The molecule has 0 aromatic heterocycles. The van der Waals surface area contributed by atoms with Gasteiger partial charge in [-0.15, -0.1) is 0 Å². The first kappa shape index (κ1) is 19.3. The van der Waals surface area contributed by atoms with E-state index >= 15 is 0 Å². The third-order valence-corrected chi connectivity index (χ3v) is 3.85. The summed E-state index contributed by atoms with van der Waals surface area (Å²) >= 11 is 0. The van der Waals surface area contributed by atoms with E-state index in [-0.39, 0.29) is 5.56 Å². The average molecular weight is 345 g/mol. The highest BCUT2D eigenvalue weighted by Crippen LogP contribution is 2.27. The van der Waals surface area contributed by atoms with E-state index in [4.69, 9.17) is 4.74 Å². The SMILES string of the molecule is FC(F)(COCCCCCCN=Cc1ccccc1)c1ccccc1. The Labute approximate surface area is 148 Å². The lowest BCUT2D eigenvalue weighted by atomic mass is 10.1. The van der Waals surface area contributed by atoms with Crippen molar-refractivity contribution in [2.45, 2.75) is 31.6 Å². The van der Waals surface area contributed by atoms with E-state index in [2.05, 4.69) is 4.99 Å². The van der Waals surface area contributed by atoms with Crippen LogP contribution in [-0.2, 0) is 10.7 Å². The van der Waals surface area contributed by atoms with Gasteiger partial charge in [-0.1, -0.05) is 73.5 Å². The third kappa shape index (κ3) is 7.57. The lowest BCUT2D eigenvalue weighted by molar-refractivity contribution is -0.0831. The zero-order chi connectivity index (χ0) is 17.8. The van der Waals surface area contributed by atoms with Gasteiger partial charge in [-0.05, 0) is 18.4 Å². The molecule has 0 saturated heterocycles. The number of hydrogen-bond acceptors (Lipinski definition) is 2. The zero-order valence-electron chi connectivity index (χ0n) is 14.4. The van der Waals surface area contributed by atoms with Gasteiger partial charge in [0.15, 0.2) is 0 Å². The average Bonchev–Trinajstić information content (AvgIpc) is 2.65. The van der Waals surface area contributed by atoms with Crippen molar-refractivity contribution in [3.63, 3.8) is 0 Å². The van der Waals surface area contributed by atoms with Gasteiger partial charge in [0.25, 0.3) is 5.92 Å². The second-order valence-electron chi connectivity index (χ2n) is 5.98. The number of nitrogens with zero attached hydrogens (tertiary/aromatic N) is 1. The van der Waals surface area contributed by atoms with Crippen molar-refractivity contribution in [1.82, 2.24) is 0 Å². The van der Waals surface area contributed by atoms with Crippen LogP contribution in [0.15, 0.2) is 65.7 Å². The number of benzene rings is 2. The van der Waals surface area contributed by atoms with Crippen molar-refractivity contribution >= 4 is 6.21 Å². The predicted octanol–water partition coefficient (Wildman–Crippen LogP) is 5.47. The summed E-state index contributed by atoms with van der Waals surface area (Å²) in [4.78, 5) is 4.39. The van der Waals surface area contributed by atoms with Crippen LogP contribution in [0.4, 0.5) is 8.78 Å². The van der Waals surface area contributed by atoms with Crippen LogP contribution in [0.5, 0.6) is 0 Å². The molecule has 0 fully saturated rings. The molecule has 2 aromatic rings. The molecular weight excluding hydrogens is 320 g/mol. The van der Waals surface area contributed by atoms with Crippen molar-refractivity contribution in [3.05, 3.63) is 71.8 Å². The standard InChI is InChI=1S/C21H25F2NO/c22-21(23,20-13-7-4-8-14-20)18-25-16-10-2-1-9-15-24-17-19-11-5-3-6-12-19/h3-8,11-14,17H,1-2,9-10,15-16,18H2. The van der Waals surface area contributed by atoms with E-state index < -0.39 is 12.5 Å². The monoisotopic (exact) mass is 345 g/mol. The Morgan fingerprint density at radius 3 is 2.20 bits per heavy atom. The van der Waals surface area contributed by atoms with Crippen LogP contribution >= 0.6 is 0 Å².